The zero-order valence-corrected chi connectivity index (χ0v) is 15.6. The van der Waals surface area contributed by atoms with Crippen LogP contribution in [0.4, 0.5) is 0 Å². The first kappa shape index (κ1) is 18.5. The molecule has 0 bridgehead atoms. The van der Waals surface area contributed by atoms with Gasteiger partial charge in [0, 0.05) is 18.2 Å². The minimum absolute atomic E-state index is 0.124. The number of halogens is 1. The molecule has 0 atom stereocenters. The van der Waals surface area contributed by atoms with Crippen molar-refractivity contribution in [1.82, 2.24) is 10.1 Å². The molecule has 0 unspecified atom stereocenters. The van der Waals surface area contributed by atoms with Crippen molar-refractivity contribution in [3.05, 3.63) is 40.6 Å². The summed E-state index contributed by atoms with van der Waals surface area (Å²) in [7, 11) is 0. The number of aryl methyl sites for hydroxylation is 1. The molecule has 1 fully saturated rings. The van der Waals surface area contributed by atoms with Crippen molar-refractivity contribution >= 4 is 17.5 Å². The maximum Gasteiger partial charge on any atom is 0.260 e. The van der Waals surface area contributed by atoms with Crippen LogP contribution in [0.5, 0.6) is 0 Å². The van der Waals surface area contributed by atoms with Gasteiger partial charge in [0.15, 0.2) is 0 Å². The average molecular weight is 372 g/mol. The number of amides is 1. The normalized spacial score (nSPS) is 14.8. The average Bonchev–Trinajstić information content (AvgIpc) is 3.04. The quantitative estimate of drug-likeness (QED) is 0.742. The number of rotatable bonds is 5. The zero-order chi connectivity index (χ0) is 18.5. The molecule has 1 aromatic carbocycles. The van der Waals surface area contributed by atoms with E-state index >= 15 is 0 Å². The third-order valence-corrected chi connectivity index (χ3v) is 5.28. The molecule has 0 radical (unpaired) electrons. The summed E-state index contributed by atoms with van der Waals surface area (Å²) in [4.78, 5) is 15.2. The highest BCUT2D eigenvalue weighted by Crippen LogP contribution is 2.33. The van der Waals surface area contributed by atoms with Crippen molar-refractivity contribution in [2.24, 2.45) is 0 Å². The van der Waals surface area contributed by atoms with E-state index in [1.54, 1.807) is 13.0 Å². The first-order valence-electron chi connectivity index (χ1n) is 9.02. The molecule has 1 aromatic heterocycles. The topological polar surface area (TPSA) is 70.1 Å². The van der Waals surface area contributed by atoms with Crippen LogP contribution in [0, 0.1) is 18.3 Å². The highest BCUT2D eigenvalue weighted by Gasteiger charge is 2.31. The van der Waals surface area contributed by atoms with E-state index in [1.807, 2.05) is 23.1 Å². The lowest BCUT2D eigenvalue weighted by molar-refractivity contribution is 0.0638. The number of hydrogen-bond donors (Lipinski definition) is 0. The van der Waals surface area contributed by atoms with Crippen LogP contribution >= 0.6 is 11.6 Å². The minimum atomic E-state index is -0.124. The number of carbonyl (C=O) groups excluding carboxylic acids is 1. The van der Waals surface area contributed by atoms with Gasteiger partial charge in [-0.15, -0.1) is 0 Å². The van der Waals surface area contributed by atoms with Gasteiger partial charge >= 0.3 is 0 Å². The minimum Gasteiger partial charge on any atom is -0.360 e. The number of carbonyl (C=O) groups is 1. The Hall–Kier alpha value is -2.32. The lowest BCUT2D eigenvalue weighted by atomic mass is 9.93. The summed E-state index contributed by atoms with van der Waals surface area (Å²) in [5, 5.41) is 13.6. The largest absolute Gasteiger partial charge is 0.360 e. The van der Waals surface area contributed by atoms with Gasteiger partial charge in [-0.25, -0.2) is 0 Å². The molecule has 0 spiro atoms. The third-order valence-electron chi connectivity index (χ3n) is 4.95. The molecule has 1 amide bonds. The van der Waals surface area contributed by atoms with Gasteiger partial charge < -0.3 is 9.42 Å². The van der Waals surface area contributed by atoms with Gasteiger partial charge in [-0.1, -0.05) is 54.2 Å². The number of nitrogens with zero attached hydrogens (tertiary/aromatic N) is 3. The van der Waals surface area contributed by atoms with E-state index in [1.165, 1.54) is 6.42 Å². The first-order chi connectivity index (χ1) is 12.6. The van der Waals surface area contributed by atoms with Crippen LogP contribution in [0.1, 0.15) is 54.6 Å². The fourth-order valence-corrected chi connectivity index (χ4v) is 3.84. The van der Waals surface area contributed by atoms with Gasteiger partial charge in [0.25, 0.3) is 5.91 Å². The van der Waals surface area contributed by atoms with Crippen molar-refractivity contribution in [3.8, 4) is 17.3 Å². The van der Waals surface area contributed by atoms with E-state index in [0.29, 0.717) is 40.6 Å². The van der Waals surface area contributed by atoms with Crippen LogP contribution in [0.3, 0.4) is 0 Å². The molecule has 1 saturated carbocycles. The Balaban J connectivity index is 1.98. The Morgan fingerprint density at radius 3 is 2.77 bits per heavy atom. The summed E-state index contributed by atoms with van der Waals surface area (Å²) in [5.41, 5.74) is 1.59. The molecule has 6 heteroatoms. The van der Waals surface area contributed by atoms with Gasteiger partial charge in [-0.2, -0.15) is 5.26 Å². The van der Waals surface area contributed by atoms with E-state index in [4.69, 9.17) is 21.4 Å². The van der Waals surface area contributed by atoms with E-state index in [9.17, 15) is 4.79 Å². The molecule has 3 rings (SSSR count). The van der Waals surface area contributed by atoms with Crippen molar-refractivity contribution in [2.45, 2.75) is 51.5 Å². The predicted octanol–water partition coefficient (Wildman–Crippen LogP) is 4.99. The third kappa shape index (κ3) is 3.76. The molecule has 0 N–H and O–H groups in total. The van der Waals surface area contributed by atoms with Crippen LogP contribution in [-0.4, -0.2) is 28.6 Å². The second-order valence-corrected chi connectivity index (χ2v) is 7.05. The monoisotopic (exact) mass is 371 g/mol. The molecule has 0 aliphatic heterocycles. The SMILES string of the molecule is Cc1onc(-c2ccccc2Cl)c1C(=O)N(CCC#N)C1CCCCC1. The standard InChI is InChI=1S/C20H22ClN3O2/c1-14-18(19(23-26-14)16-10-5-6-11-17(16)21)20(25)24(13-7-12-22)15-8-3-2-4-9-15/h5-6,10-11,15H,2-4,7-9,13H2,1H3. The van der Waals surface area contributed by atoms with Gasteiger partial charge in [-0.05, 0) is 25.8 Å². The molecule has 2 aromatic rings. The highest BCUT2D eigenvalue weighted by molar-refractivity contribution is 6.33. The Bertz CT molecular complexity index is 819. The van der Waals surface area contributed by atoms with Crippen LogP contribution in [0.2, 0.25) is 5.02 Å². The first-order valence-corrected chi connectivity index (χ1v) is 9.40. The van der Waals surface area contributed by atoms with E-state index in [2.05, 4.69) is 11.2 Å². The van der Waals surface area contributed by atoms with Crippen molar-refractivity contribution in [1.29, 1.82) is 5.26 Å². The smallest absolute Gasteiger partial charge is 0.260 e. The van der Waals surface area contributed by atoms with Crippen LogP contribution in [0.15, 0.2) is 28.8 Å². The molecule has 1 aliphatic rings. The number of benzene rings is 1. The lowest BCUT2D eigenvalue weighted by Gasteiger charge is -2.34. The maximum atomic E-state index is 13.4. The fraction of sp³-hybridized carbons (Fsp3) is 0.450. The Morgan fingerprint density at radius 1 is 1.35 bits per heavy atom. The molecule has 0 saturated heterocycles. The van der Waals surface area contributed by atoms with Crippen molar-refractivity contribution in [2.75, 3.05) is 6.54 Å². The van der Waals surface area contributed by atoms with Crippen molar-refractivity contribution < 1.29 is 9.32 Å². The van der Waals surface area contributed by atoms with Crippen LogP contribution < -0.4 is 0 Å². The summed E-state index contributed by atoms with van der Waals surface area (Å²) in [6.07, 6.45) is 5.69. The second-order valence-electron chi connectivity index (χ2n) is 6.64. The molecular weight excluding hydrogens is 350 g/mol. The summed E-state index contributed by atoms with van der Waals surface area (Å²) < 4.78 is 5.35. The van der Waals surface area contributed by atoms with E-state index < -0.39 is 0 Å². The second kappa shape index (κ2) is 8.37. The van der Waals surface area contributed by atoms with Gasteiger partial charge in [-0.3, -0.25) is 4.79 Å². The van der Waals surface area contributed by atoms with Crippen LogP contribution in [0.25, 0.3) is 11.3 Å². The lowest BCUT2D eigenvalue weighted by Crippen LogP contribution is -2.42. The number of hydrogen-bond acceptors (Lipinski definition) is 4. The Labute approximate surface area is 158 Å². The molecule has 5 nitrogen and oxygen atoms in total. The van der Waals surface area contributed by atoms with Gasteiger partial charge in [0.1, 0.15) is 17.0 Å². The fourth-order valence-electron chi connectivity index (χ4n) is 3.62. The molecular formula is C20H22ClN3O2. The summed E-state index contributed by atoms with van der Waals surface area (Å²) in [6.45, 7) is 2.16. The molecule has 1 heterocycles. The molecule has 136 valence electrons. The van der Waals surface area contributed by atoms with E-state index in [-0.39, 0.29) is 11.9 Å². The Kier molecular flexibility index (Phi) is 5.95. The van der Waals surface area contributed by atoms with Crippen molar-refractivity contribution in [3.63, 3.8) is 0 Å². The maximum absolute atomic E-state index is 13.4. The molecule has 26 heavy (non-hydrogen) atoms. The summed E-state index contributed by atoms with van der Waals surface area (Å²) in [5.74, 6) is 0.350. The summed E-state index contributed by atoms with van der Waals surface area (Å²) >= 11 is 6.31. The van der Waals surface area contributed by atoms with E-state index in [0.717, 1.165) is 25.7 Å². The van der Waals surface area contributed by atoms with Crippen LogP contribution in [-0.2, 0) is 0 Å². The molecule has 1 aliphatic carbocycles. The van der Waals surface area contributed by atoms with Gasteiger partial charge in [0.05, 0.1) is 17.5 Å². The summed E-state index contributed by atoms with van der Waals surface area (Å²) in [6, 6.07) is 9.61. The predicted molar refractivity (Wildman–Crippen MR) is 99.8 cm³/mol. The zero-order valence-electron chi connectivity index (χ0n) is 14.9. The number of aromatic nitrogens is 1. The van der Waals surface area contributed by atoms with Gasteiger partial charge in [0.2, 0.25) is 0 Å². The number of nitriles is 1. The highest BCUT2D eigenvalue weighted by atomic mass is 35.5. The Morgan fingerprint density at radius 2 is 2.08 bits per heavy atom.